The minimum Gasteiger partial charge on any atom is -0.324 e. The molecule has 0 radical (unpaired) electrons. The van der Waals surface area contributed by atoms with Crippen LogP contribution >= 0.6 is 0 Å². The molecule has 3 rings (SSSR count). The van der Waals surface area contributed by atoms with Crippen LogP contribution in [0.4, 0.5) is 0 Å². The largest absolute Gasteiger partial charge is 0.324 e. The van der Waals surface area contributed by atoms with Gasteiger partial charge in [0, 0.05) is 27.8 Å². The third kappa shape index (κ3) is 1.70. The Morgan fingerprint density at radius 3 is 2.00 bits per heavy atom. The SMILES string of the molecule is NCC(=O)c1ccc2c(c1)C(=O)c1ccccc1C2=O. The number of carbonyl (C=O) groups excluding carboxylic acids is 3. The minimum absolute atomic E-state index is 0.127. The molecule has 0 amide bonds. The first-order valence-electron chi connectivity index (χ1n) is 6.19. The van der Waals surface area contributed by atoms with Crippen LogP contribution in [0.15, 0.2) is 42.5 Å². The van der Waals surface area contributed by atoms with Gasteiger partial charge in [0.15, 0.2) is 17.3 Å². The van der Waals surface area contributed by atoms with Gasteiger partial charge in [-0.2, -0.15) is 0 Å². The average Bonchev–Trinajstić information content (AvgIpc) is 2.51. The van der Waals surface area contributed by atoms with E-state index in [4.69, 9.17) is 5.73 Å². The Morgan fingerprint density at radius 2 is 1.40 bits per heavy atom. The van der Waals surface area contributed by atoms with Crippen LogP contribution in [-0.2, 0) is 0 Å². The number of ketones is 3. The number of nitrogens with two attached hydrogens (primary N) is 1. The van der Waals surface area contributed by atoms with E-state index in [1.165, 1.54) is 18.2 Å². The van der Waals surface area contributed by atoms with Crippen molar-refractivity contribution in [2.24, 2.45) is 5.73 Å². The Bertz CT molecular complexity index is 762. The van der Waals surface area contributed by atoms with Gasteiger partial charge in [-0.05, 0) is 12.1 Å². The standard InChI is InChI=1S/C16H11NO3/c17-8-14(18)9-5-6-12-13(7-9)16(20)11-4-2-1-3-10(11)15(12)19/h1-7H,8,17H2. The molecule has 2 N–H and O–H groups in total. The van der Waals surface area contributed by atoms with Gasteiger partial charge < -0.3 is 5.73 Å². The summed E-state index contributed by atoms with van der Waals surface area (Å²) in [5.41, 5.74) is 7.06. The van der Waals surface area contributed by atoms with Gasteiger partial charge in [0.05, 0.1) is 6.54 Å². The van der Waals surface area contributed by atoms with Crippen LogP contribution in [0, 0.1) is 0 Å². The number of benzene rings is 2. The van der Waals surface area contributed by atoms with E-state index in [9.17, 15) is 14.4 Å². The lowest BCUT2D eigenvalue weighted by Gasteiger charge is -2.17. The third-order valence-electron chi connectivity index (χ3n) is 3.43. The summed E-state index contributed by atoms with van der Waals surface area (Å²) in [6.45, 7) is -0.127. The number of hydrogen-bond acceptors (Lipinski definition) is 4. The van der Waals surface area contributed by atoms with Crippen molar-refractivity contribution in [3.8, 4) is 0 Å². The Balaban J connectivity index is 2.21. The molecule has 0 bridgehead atoms. The highest BCUT2D eigenvalue weighted by Gasteiger charge is 2.29. The zero-order chi connectivity index (χ0) is 14.3. The molecule has 98 valence electrons. The molecule has 0 fully saturated rings. The Hall–Kier alpha value is -2.59. The van der Waals surface area contributed by atoms with Crippen molar-refractivity contribution < 1.29 is 14.4 Å². The van der Waals surface area contributed by atoms with Crippen LogP contribution < -0.4 is 5.73 Å². The fourth-order valence-electron chi connectivity index (χ4n) is 2.39. The lowest BCUT2D eigenvalue weighted by Crippen LogP contribution is -2.22. The molecule has 0 heterocycles. The monoisotopic (exact) mass is 265 g/mol. The van der Waals surface area contributed by atoms with E-state index in [0.29, 0.717) is 22.3 Å². The molecule has 0 spiro atoms. The van der Waals surface area contributed by atoms with E-state index in [1.54, 1.807) is 24.3 Å². The molecule has 4 nitrogen and oxygen atoms in total. The maximum absolute atomic E-state index is 12.4. The Labute approximate surface area is 115 Å². The zero-order valence-electron chi connectivity index (χ0n) is 10.6. The van der Waals surface area contributed by atoms with Crippen molar-refractivity contribution in [3.05, 3.63) is 70.3 Å². The normalized spacial score (nSPS) is 12.8. The van der Waals surface area contributed by atoms with Crippen molar-refractivity contribution in [1.82, 2.24) is 0 Å². The molecule has 1 aliphatic rings. The summed E-state index contributed by atoms with van der Waals surface area (Å²) < 4.78 is 0. The fourth-order valence-corrected chi connectivity index (χ4v) is 2.39. The molecule has 0 saturated carbocycles. The first kappa shape index (κ1) is 12.4. The lowest BCUT2D eigenvalue weighted by molar-refractivity contribution is 0.0977. The van der Waals surface area contributed by atoms with Crippen LogP contribution in [0.3, 0.4) is 0 Å². The second-order valence-electron chi connectivity index (χ2n) is 4.59. The molecular formula is C16H11NO3. The molecule has 0 atom stereocenters. The number of fused-ring (bicyclic) bond motifs is 2. The van der Waals surface area contributed by atoms with Gasteiger partial charge in [-0.25, -0.2) is 0 Å². The summed E-state index contributed by atoms with van der Waals surface area (Å²) in [6.07, 6.45) is 0. The van der Waals surface area contributed by atoms with Crippen molar-refractivity contribution in [1.29, 1.82) is 0 Å². The van der Waals surface area contributed by atoms with Crippen molar-refractivity contribution >= 4 is 17.3 Å². The van der Waals surface area contributed by atoms with Crippen LogP contribution in [0.5, 0.6) is 0 Å². The first-order valence-corrected chi connectivity index (χ1v) is 6.19. The summed E-state index contributed by atoms with van der Waals surface area (Å²) in [4.78, 5) is 36.4. The molecule has 0 unspecified atom stereocenters. The quantitative estimate of drug-likeness (QED) is 0.714. The fraction of sp³-hybridized carbons (Fsp3) is 0.0625. The molecular weight excluding hydrogens is 254 g/mol. The molecule has 20 heavy (non-hydrogen) atoms. The molecule has 2 aromatic carbocycles. The van der Waals surface area contributed by atoms with Crippen molar-refractivity contribution in [2.75, 3.05) is 6.54 Å². The molecule has 4 heteroatoms. The van der Waals surface area contributed by atoms with Gasteiger partial charge in [-0.15, -0.1) is 0 Å². The highest BCUT2D eigenvalue weighted by atomic mass is 16.1. The van der Waals surface area contributed by atoms with E-state index in [0.717, 1.165) is 0 Å². The zero-order valence-corrected chi connectivity index (χ0v) is 10.6. The number of Topliss-reactive ketones (excluding diaryl/α,β-unsaturated/α-hetero) is 1. The molecule has 0 aromatic heterocycles. The van der Waals surface area contributed by atoms with E-state index in [-0.39, 0.29) is 29.5 Å². The van der Waals surface area contributed by atoms with Gasteiger partial charge in [-0.1, -0.05) is 30.3 Å². The molecule has 0 aliphatic heterocycles. The van der Waals surface area contributed by atoms with Gasteiger partial charge in [-0.3, -0.25) is 14.4 Å². The number of hydrogen-bond donors (Lipinski definition) is 1. The van der Waals surface area contributed by atoms with Crippen LogP contribution in [0.1, 0.15) is 42.2 Å². The van der Waals surface area contributed by atoms with Gasteiger partial charge >= 0.3 is 0 Å². The number of carbonyl (C=O) groups is 3. The Kier molecular flexibility index (Phi) is 2.80. The summed E-state index contributed by atoms with van der Waals surface area (Å²) in [7, 11) is 0. The van der Waals surface area contributed by atoms with Gasteiger partial charge in [0.2, 0.25) is 0 Å². The smallest absolute Gasteiger partial charge is 0.194 e. The maximum atomic E-state index is 12.4. The van der Waals surface area contributed by atoms with Gasteiger partial charge in [0.25, 0.3) is 0 Å². The van der Waals surface area contributed by atoms with Gasteiger partial charge in [0.1, 0.15) is 0 Å². The summed E-state index contributed by atoms with van der Waals surface area (Å²) in [5, 5.41) is 0. The topological polar surface area (TPSA) is 77.2 Å². The second-order valence-corrected chi connectivity index (χ2v) is 4.59. The van der Waals surface area contributed by atoms with E-state index in [1.807, 2.05) is 0 Å². The number of rotatable bonds is 2. The lowest BCUT2D eigenvalue weighted by atomic mass is 9.83. The predicted molar refractivity (Wildman–Crippen MR) is 73.1 cm³/mol. The Morgan fingerprint density at radius 1 is 0.850 bits per heavy atom. The van der Waals surface area contributed by atoms with E-state index < -0.39 is 0 Å². The van der Waals surface area contributed by atoms with Crippen LogP contribution in [0.25, 0.3) is 0 Å². The summed E-state index contributed by atoms with van der Waals surface area (Å²) in [5.74, 6) is -0.685. The maximum Gasteiger partial charge on any atom is 0.194 e. The minimum atomic E-state index is -0.257. The highest BCUT2D eigenvalue weighted by molar-refractivity contribution is 6.28. The second kappa shape index (κ2) is 4.51. The summed E-state index contributed by atoms with van der Waals surface area (Å²) >= 11 is 0. The van der Waals surface area contributed by atoms with Crippen molar-refractivity contribution in [2.45, 2.75) is 0 Å². The third-order valence-corrected chi connectivity index (χ3v) is 3.43. The van der Waals surface area contributed by atoms with Crippen molar-refractivity contribution in [3.63, 3.8) is 0 Å². The van der Waals surface area contributed by atoms with E-state index >= 15 is 0 Å². The van der Waals surface area contributed by atoms with E-state index in [2.05, 4.69) is 0 Å². The summed E-state index contributed by atoms with van der Waals surface area (Å²) in [6, 6.07) is 11.2. The molecule has 2 aromatic rings. The van der Waals surface area contributed by atoms with Crippen LogP contribution in [-0.4, -0.2) is 23.9 Å². The average molecular weight is 265 g/mol. The predicted octanol–water partition coefficient (Wildman–Crippen LogP) is 1.60. The molecule has 1 aliphatic carbocycles. The first-order chi connectivity index (χ1) is 9.63. The molecule has 0 saturated heterocycles. The highest BCUT2D eigenvalue weighted by Crippen LogP contribution is 2.27. The van der Waals surface area contributed by atoms with Crippen LogP contribution in [0.2, 0.25) is 0 Å².